The number of carbonyl (C=O) groups excluding carboxylic acids is 2. The van der Waals surface area contributed by atoms with E-state index < -0.39 is 10.0 Å². The van der Waals surface area contributed by atoms with Crippen molar-refractivity contribution >= 4 is 27.5 Å². The second-order valence-electron chi connectivity index (χ2n) is 8.14. The Morgan fingerprint density at radius 3 is 2.35 bits per heavy atom. The van der Waals surface area contributed by atoms with E-state index in [1.54, 1.807) is 18.0 Å². The van der Waals surface area contributed by atoms with Gasteiger partial charge in [-0.1, -0.05) is 19.1 Å². The lowest BCUT2D eigenvalue weighted by molar-refractivity contribution is -0.128. The van der Waals surface area contributed by atoms with Gasteiger partial charge in [-0.05, 0) is 60.7 Å². The Bertz CT molecular complexity index is 1040. The zero-order chi connectivity index (χ0) is 22.6. The third-order valence-electron chi connectivity index (χ3n) is 5.64. The average molecular weight is 444 g/mol. The number of anilines is 1. The van der Waals surface area contributed by atoms with Crippen LogP contribution >= 0.6 is 0 Å². The van der Waals surface area contributed by atoms with Crippen LogP contribution in [0.4, 0.5) is 5.69 Å². The summed E-state index contributed by atoms with van der Waals surface area (Å²) < 4.78 is 27.2. The molecule has 0 bridgehead atoms. The van der Waals surface area contributed by atoms with Crippen LogP contribution in [-0.4, -0.2) is 49.6 Å². The minimum atomic E-state index is -3.54. The molecular formula is C23H29N3O4S. The van der Waals surface area contributed by atoms with E-state index in [9.17, 15) is 18.0 Å². The molecule has 166 valence electrons. The summed E-state index contributed by atoms with van der Waals surface area (Å²) in [6, 6.07) is 13.3. The molecule has 0 aromatic heterocycles. The molecule has 1 heterocycles. The van der Waals surface area contributed by atoms with Crippen molar-refractivity contribution in [1.82, 2.24) is 9.21 Å². The van der Waals surface area contributed by atoms with E-state index in [-0.39, 0.29) is 16.7 Å². The normalized spacial score (nSPS) is 15.5. The summed E-state index contributed by atoms with van der Waals surface area (Å²) in [5.41, 5.74) is 1.88. The van der Waals surface area contributed by atoms with Crippen molar-refractivity contribution in [3.05, 3.63) is 59.7 Å². The third-order valence-corrected chi connectivity index (χ3v) is 7.55. The Labute approximate surface area is 184 Å². The van der Waals surface area contributed by atoms with E-state index in [1.807, 2.05) is 18.2 Å². The van der Waals surface area contributed by atoms with E-state index in [1.165, 1.54) is 35.5 Å². The topological polar surface area (TPSA) is 86.8 Å². The van der Waals surface area contributed by atoms with Gasteiger partial charge in [0.25, 0.3) is 5.91 Å². The van der Waals surface area contributed by atoms with Gasteiger partial charge in [-0.2, -0.15) is 4.31 Å². The molecule has 1 saturated heterocycles. The van der Waals surface area contributed by atoms with Crippen molar-refractivity contribution < 1.29 is 18.0 Å². The van der Waals surface area contributed by atoms with Gasteiger partial charge in [0.15, 0.2) is 0 Å². The van der Waals surface area contributed by atoms with Crippen LogP contribution in [0.2, 0.25) is 0 Å². The number of amides is 2. The molecule has 1 N–H and O–H groups in total. The molecule has 2 amide bonds. The van der Waals surface area contributed by atoms with E-state index in [4.69, 9.17) is 0 Å². The van der Waals surface area contributed by atoms with Crippen molar-refractivity contribution in [3.8, 4) is 0 Å². The minimum Gasteiger partial charge on any atom is -0.342 e. The van der Waals surface area contributed by atoms with Crippen LogP contribution < -0.4 is 5.32 Å². The monoisotopic (exact) mass is 443 g/mol. The van der Waals surface area contributed by atoms with Crippen molar-refractivity contribution in [2.45, 2.75) is 38.1 Å². The highest BCUT2D eigenvalue weighted by atomic mass is 32.2. The maximum atomic E-state index is 12.8. The first kappa shape index (κ1) is 23.0. The van der Waals surface area contributed by atoms with Crippen LogP contribution in [0.15, 0.2) is 53.4 Å². The highest BCUT2D eigenvalue weighted by Gasteiger charge is 2.28. The van der Waals surface area contributed by atoms with E-state index in [0.717, 1.165) is 18.4 Å². The molecule has 2 aromatic carbocycles. The summed E-state index contributed by atoms with van der Waals surface area (Å²) in [7, 11) is -1.83. The fourth-order valence-electron chi connectivity index (χ4n) is 3.49. The molecule has 1 fully saturated rings. The van der Waals surface area contributed by atoms with Gasteiger partial charge in [-0.15, -0.1) is 0 Å². The van der Waals surface area contributed by atoms with Crippen molar-refractivity contribution in [1.29, 1.82) is 0 Å². The Kier molecular flexibility index (Phi) is 7.12. The standard InChI is InChI=1S/C23H29N3O4S/c1-17-11-13-26(14-12-17)31(29,30)22-9-7-20(8-10-22)23(28)24-21-6-4-5-19(15-21)16-25(3)18(2)27/h4-10,15,17H,11-14,16H2,1-3H3,(H,24,28). The van der Waals surface area contributed by atoms with E-state index in [0.29, 0.717) is 36.8 Å². The smallest absolute Gasteiger partial charge is 0.255 e. The first-order valence-corrected chi connectivity index (χ1v) is 11.8. The molecule has 2 aromatic rings. The molecule has 0 saturated carbocycles. The third kappa shape index (κ3) is 5.71. The summed E-state index contributed by atoms with van der Waals surface area (Å²) in [4.78, 5) is 25.8. The first-order valence-electron chi connectivity index (χ1n) is 10.4. The number of hydrogen-bond donors (Lipinski definition) is 1. The Hall–Kier alpha value is -2.71. The lowest BCUT2D eigenvalue weighted by Gasteiger charge is -2.29. The number of benzene rings is 2. The molecule has 0 atom stereocenters. The number of sulfonamides is 1. The predicted molar refractivity (Wildman–Crippen MR) is 120 cm³/mol. The highest BCUT2D eigenvalue weighted by molar-refractivity contribution is 7.89. The van der Waals surface area contributed by atoms with Gasteiger partial charge in [0.05, 0.1) is 4.90 Å². The Morgan fingerprint density at radius 1 is 1.10 bits per heavy atom. The summed E-state index contributed by atoms with van der Waals surface area (Å²) in [5, 5.41) is 2.83. The molecule has 0 unspecified atom stereocenters. The van der Waals surface area contributed by atoms with Gasteiger partial charge in [-0.25, -0.2) is 8.42 Å². The fourth-order valence-corrected chi connectivity index (χ4v) is 4.96. The second kappa shape index (κ2) is 9.62. The number of rotatable bonds is 6. The quantitative estimate of drug-likeness (QED) is 0.742. The van der Waals surface area contributed by atoms with Gasteiger partial charge < -0.3 is 10.2 Å². The summed E-state index contributed by atoms with van der Waals surface area (Å²) in [6.45, 7) is 5.14. The molecule has 3 rings (SSSR count). The van der Waals surface area contributed by atoms with Crippen LogP contribution in [0.3, 0.4) is 0 Å². The molecule has 0 spiro atoms. The molecule has 0 radical (unpaired) electrons. The molecule has 7 nitrogen and oxygen atoms in total. The zero-order valence-electron chi connectivity index (χ0n) is 18.2. The summed E-state index contributed by atoms with van der Waals surface area (Å²) in [5.74, 6) is 0.176. The molecule has 1 aliphatic heterocycles. The van der Waals surface area contributed by atoms with Crippen LogP contribution in [0, 0.1) is 5.92 Å². The van der Waals surface area contributed by atoms with Crippen LogP contribution in [0.25, 0.3) is 0 Å². The number of carbonyl (C=O) groups is 2. The minimum absolute atomic E-state index is 0.0384. The van der Waals surface area contributed by atoms with E-state index >= 15 is 0 Å². The van der Waals surface area contributed by atoms with Crippen molar-refractivity contribution in [2.75, 3.05) is 25.5 Å². The Morgan fingerprint density at radius 2 is 1.74 bits per heavy atom. The number of piperidine rings is 1. The van der Waals surface area contributed by atoms with Gasteiger partial charge in [0, 0.05) is 44.9 Å². The number of nitrogens with zero attached hydrogens (tertiary/aromatic N) is 2. The zero-order valence-corrected chi connectivity index (χ0v) is 19.0. The van der Waals surface area contributed by atoms with Crippen LogP contribution in [0.5, 0.6) is 0 Å². The fraction of sp³-hybridized carbons (Fsp3) is 0.391. The van der Waals surface area contributed by atoms with Crippen LogP contribution in [0.1, 0.15) is 42.6 Å². The van der Waals surface area contributed by atoms with Crippen molar-refractivity contribution in [3.63, 3.8) is 0 Å². The molecule has 0 aliphatic carbocycles. The molecule has 31 heavy (non-hydrogen) atoms. The van der Waals surface area contributed by atoms with Crippen molar-refractivity contribution in [2.24, 2.45) is 5.92 Å². The largest absolute Gasteiger partial charge is 0.342 e. The SMILES string of the molecule is CC(=O)N(C)Cc1cccc(NC(=O)c2ccc(S(=O)(=O)N3CCC(C)CC3)cc2)c1. The lowest BCUT2D eigenvalue weighted by Crippen LogP contribution is -2.37. The van der Waals surface area contributed by atoms with Crippen LogP contribution in [-0.2, 0) is 21.4 Å². The van der Waals surface area contributed by atoms with Gasteiger partial charge >= 0.3 is 0 Å². The Balaban J connectivity index is 1.67. The highest BCUT2D eigenvalue weighted by Crippen LogP contribution is 2.24. The average Bonchev–Trinajstić information content (AvgIpc) is 2.74. The number of hydrogen-bond acceptors (Lipinski definition) is 4. The maximum absolute atomic E-state index is 12.8. The lowest BCUT2D eigenvalue weighted by atomic mass is 10.0. The first-order chi connectivity index (χ1) is 14.7. The summed E-state index contributed by atoms with van der Waals surface area (Å²) >= 11 is 0. The molecule has 8 heteroatoms. The summed E-state index contributed by atoms with van der Waals surface area (Å²) in [6.07, 6.45) is 1.72. The van der Waals surface area contributed by atoms with Gasteiger partial charge in [0.1, 0.15) is 0 Å². The van der Waals surface area contributed by atoms with Gasteiger partial charge in [0.2, 0.25) is 15.9 Å². The molecule has 1 aliphatic rings. The molecular weight excluding hydrogens is 414 g/mol. The predicted octanol–water partition coefficient (Wildman–Crippen LogP) is 3.34. The van der Waals surface area contributed by atoms with E-state index in [2.05, 4.69) is 12.2 Å². The van der Waals surface area contributed by atoms with Gasteiger partial charge in [-0.3, -0.25) is 9.59 Å². The second-order valence-corrected chi connectivity index (χ2v) is 10.1. The maximum Gasteiger partial charge on any atom is 0.255 e. The number of nitrogens with one attached hydrogen (secondary N) is 1.